The van der Waals surface area contributed by atoms with E-state index < -0.39 is 58.5 Å². The predicted octanol–water partition coefficient (Wildman–Crippen LogP) is 0.870. The largest absolute Gasteiger partial charge is 0.481 e. The van der Waals surface area contributed by atoms with Gasteiger partial charge in [-0.1, -0.05) is 25.5 Å². The molecule has 12 atom stereocenters. The lowest BCUT2D eigenvalue weighted by molar-refractivity contribution is -0.304. The lowest BCUT2D eigenvalue weighted by Gasteiger charge is -2.59. The molecule has 1 heterocycles. The highest BCUT2D eigenvalue weighted by Crippen LogP contribution is 2.82. The predicted molar refractivity (Wildman–Crippen MR) is 122 cm³/mol. The van der Waals surface area contributed by atoms with Gasteiger partial charge >= 0.3 is 5.97 Å². The van der Waals surface area contributed by atoms with E-state index in [2.05, 4.69) is 0 Å². The molecule has 196 valence electrons. The standard InChI is InChI=1S/C26H38O9/c1-12(2)16-7-14-8-24(10-27)15-5-6-23(4,33)17(15)9-25(14,26(16,24)22(31)32)11-34-21-20(30)19(29)18(28)13(3)35-21/h7,10,12-15,17-21,28-30,33H,5-6,8-9,11H2,1-4H3,(H,31,32)/t13?,14?,15-,17+,18?,19?,20?,21?,23+,24?,25?,26?/m1/s1. The van der Waals surface area contributed by atoms with Crippen LogP contribution in [0.2, 0.25) is 0 Å². The number of allylic oxidation sites excluding steroid dienone is 1. The van der Waals surface area contributed by atoms with Gasteiger partial charge in [-0.05, 0) is 63.2 Å². The Morgan fingerprint density at radius 1 is 1.20 bits per heavy atom. The third-order valence-corrected chi connectivity index (χ3v) is 10.5. The number of carbonyl (C=O) groups excluding carboxylic acids is 1. The molecule has 0 aromatic rings. The summed E-state index contributed by atoms with van der Waals surface area (Å²) in [6.07, 6.45) is -1.62. The first-order valence-electron chi connectivity index (χ1n) is 12.8. The minimum Gasteiger partial charge on any atom is -0.481 e. The van der Waals surface area contributed by atoms with Gasteiger partial charge in [0.1, 0.15) is 30.0 Å². The molecule has 9 heteroatoms. The maximum Gasteiger partial charge on any atom is 0.315 e. The average Bonchev–Trinajstić information content (AvgIpc) is 3.32. The Morgan fingerprint density at radius 3 is 2.49 bits per heavy atom. The second kappa shape index (κ2) is 7.82. The van der Waals surface area contributed by atoms with Gasteiger partial charge in [-0.15, -0.1) is 0 Å². The molecule has 0 aromatic carbocycles. The van der Waals surface area contributed by atoms with Crippen LogP contribution in [0, 0.1) is 39.9 Å². The van der Waals surface area contributed by atoms with Crippen LogP contribution in [-0.4, -0.2) is 80.7 Å². The van der Waals surface area contributed by atoms with Gasteiger partial charge in [0.15, 0.2) is 6.29 Å². The summed E-state index contributed by atoms with van der Waals surface area (Å²) in [5.74, 6) is -1.93. The molecular weight excluding hydrogens is 456 g/mol. The van der Waals surface area contributed by atoms with Crippen molar-refractivity contribution in [2.24, 2.45) is 39.9 Å². The van der Waals surface area contributed by atoms with Crippen molar-refractivity contribution >= 4 is 12.3 Å². The molecule has 1 aliphatic heterocycles. The van der Waals surface area contributed by atoms with Crippen LogP contribution in [0.4, 0.5) is 0 Å². The minimum absolute atomic E-state index is 0.109. The number of aliphatic hydroxyl groups is 4. The molecule has 9 unspecified atom stereocenters. The number of aliphatic hydroxyl groups excluding tert-OH is 3. The summed E-state index contributed by atoms with van der Waals surface area (Å²) in [7, 11) is 0. The normalized spacial score (nSPS) is 54.6. The Hall–Kier alpha value is -1.36. The molecular formula is C26H38O9. The van der Waals surface area contributed by atoms with Gasteiger partial charge in [-0.3, -0.25) is 4.79 Å². The number of carboxylic acid groups (broad SMARTS) is 1. The fraction of sp³-hybridized carbons (Fsp3) is 0.846. The van der Waals surface area contributed by atoms with Crippen LogP contribution >= 0.6 is 0 Å². The van der Waals surface area contributed by atoms with Crippen molar-refractivity contribution in [3.63, 3.8) is 0 Å². The van der Waals surface area contributed by atoms with E-state index in [1.807, 2.05) is 19.9 Å². The zero-order valence-corrected chi connectivity index (χ0v) is 20.8. The van der Waals surface area contributed by atoms with Crippen LogP contribution in [0.5, 0.6) is 0 Å². The summed E-state index contributed by atoms with van der Waals surface area (Å²) in [6, 6.07) is 0. The topological polar surface area (TPSA) is 154 Å². The molecule has 0 radical (unpaired) electrons. The van der Waals surface area contributed by atoms with Crippen molar-refractivity contribution in [2.75, 3.05) is 6.61 Å². The Morgan fingerprint density at radius 2 is 1.89 bits per heavy atom. The first-order chi connectivity index (χ1) is 16.3. The molecule has 35 heavy (non-hydrogen) atoms. The molecule has 5 rings (SSSR count). The first-order valence-corrected chi connectivity index (χ1v) is 12.8. The Bertz CT molecular complexity index is 945. The molecule has 1 saturated heterocycles. The van der Waals surface area contributed by atoms with E-state index in [-0.39, 0.29) is 30.3 Å². The fourth-order valence-electron chi connectivity index (χ4n) is 8.98. The lowest BCUT2D eigenvalue weighted by Crippen LogP contribution is -2.65. The van der Waals surface area contributed by atoms with E-state index in [4.69, 9.17) is 9.47 Å². The summed E-state index contributed by atoms with van der Waals surface area (Å²) in [6.45, 7) is 7.09. The van der Waals surface area contributed by atoms with Gasteiger partial charge in [0.25, 0.3) is 0 Å². The Balaban J connectivity index is 1.61. The molecule has 0 spiro atoms. The number of ether oxygens (including phenoxy) is 2. The van der Waals surface area contributed by atoms with Crippen molar-refractivity contribution in [1.82, 2.24) is 0 Å². The second-order valence-electron chi connectivity index (χ2n) is 12.3. The van der Waals surface area contributed by atoms with Gasteiger partial charge < -0.3 is 39.8 Å². The number of carbonyl (C=O) groups is 2. The quantitative estimate of drug-likeness (QED) is 0.267. The number of hydrogen-bond acceptors (Lipinski definition) is 8. The Labute approximate surface area is 205 Å². The SMILES string of the molecule is CC(C)C1=CC2CC3(C=O)[C@@H]4CC[C@](C)(O)[C@H]4CC2(COC2OC(C)C(O)C(O)C2O)C13C(=O)O. The van der Waals surface area contributed by atoms with E-state index >= 15 is 0 Å². The number of aliphatic carboxylic acids is 1. The highest BCUT2D eigenvalue weighted by Gasteiger charge is 2.85. The van der Waals surface area contributed by atoms with Crippen LogP contribution in [0.3, 0.4) is 0 Å². The van der Waals surface area contributed by atoms with Crippen LogP contribution in [0.1, 0.15) is 53.4 Å². The van der Waals surface area contributed by atoms with Crippen molar-refractivity contribution in [3.8, 4) is 0 Å². The summed E-state index contributed by atoms with van der Waals surface area (Å²) in [4.78, 5) is 26.5. The van der Waals surface area contributed by atoms with E-state index in [0.717, 1.165) is 11.9 Å². The average molecular weight is 495 g/mol. The number of aldehydes is 1. The number of rotatable bonds is 6. The third kappa shape index (κ3) is 2.85. The third-order valence-electron chi connectivity index (χ3n) is 10.5. The first kappa shape index (κ1) is 25.3. The van der Waals surface area contributed by atoms with E-state index in [1.54, 1.807) is 13.8 Å². The zero-order valence-electron chi connectivity index (χ0n) is 20.8. The summed E-state index contributed by atoms with van der Waals surface area (Å²) in [5, 5.41) is 53.1. The monoisotopic (exact) mass is 494 g/mol. The van der Waals surface area contributed by atoms with Gasteiger partial charge in [0.05, 0.1) is 23.7 Å². The van der Waals surface area contributed by atoms with Crippen molar-refractivity contribution in [3.05, 3.63) is 11.6 Å². The van der Waals surface area contributed by atoms with Crippen molar-refractivity contribution in [2.45, 2.75) is 89.7 Å². The van der Waals surface area contributed by atoms with Crippen LogP contribution in [0.25, 0.3) is 0 Å². The molecule has 9 nitrogen and oxygen atoms in total. The van der Waals surface area contributed by atoms with Crippen LogP contribution in [0.15, 0.2) is 11.6 Å². The fourth-order valence-corrected chi connectivity index (χ4v) is 8.98. The van der Waals surface area contributed by atoms with E-state index in [0.29, 0.717) is 25.7 Å². The molecule has 4 fully saturated rings. The molecule has 0 aromatic heterocycles. The number of fused-ring (bicyclic) bond motifs is 2. The zero-order chi connectivity index (χ0) is 25.7. The van der Waals surface area contributed by atoms with Crippen LogP contribution in [-0.2, 0) is 19.1 Å². The summed E-state index contributed by atoms with van der Waals surface area (Å²) < 4.78 is 11.7. The number of carboxylic acids is 1. The Kier molecular flexibility index (Phi) is 5.65. The highest BCUT2D eigenvalue weighted by molar-refractivity contribution is 5.90. The smallest absolute Gasteiger partial charge is 0.315 e. The van der Waals surface area contributed by atoms with E-state index in [9.17, 15) is 35.1 Å². The van der Waals surface area contributed by atoms with E-state index in [1.165, 1.54) is 0 Å². The summed E-state index contributed by atoms with van der Waals surface area (Å²) in [5.41, 5.74) is -3.98. The highest BCUT2D eigenvalue weighted by atomic mass is 16.7. The molecule has 5 N–H and O–H groups in total. The maximum atomic E-state index is 13.4. The van der Waals surface area contributed by atoms with Gasteiger partial charge in [-0.2, -0.15) is 0 Å². The molecule has 4 aliphatic carbocycles. The molecule has 4 bridgehead atoms. The van der Waals surface area contributed by atoms with Gasteiger partial charge in [-0.25, -0.2) is 0 Å². The van der Waals surface area contributed by atoms with Crippen LogP contribution < -0.4 is 0 Å². The molecule has 5 aliphatic rings. The second-order valence-corrected chi connectivity index (χ2v) is 12.3. The van der Waals surface area contributed by atoms with Gasteiger partial charge in [0.2, 0.25) is 0 Å². The van der Waals surface area contributed by atoms with Crippen molar-refractivity contribution < 1.29 is 44.6 Å². The molecule has 3 saturated carbocycles. The van der Waals surface area contributed by atoms with Gasteiger partial charge in [0, 0.05) is 5.41 Å². The summed E-state index contributed by atoms with van der Waals surface area (Å²) >= 11 is 0. The maximum absolute atomic E-state index is 13.4. The minimum atomic E-state index is -1.52. The number of hydrogen-bond donors (Lipinski definition) is 5. The lowest BCUT2D eigenvalue weighted by atomic mass is 9.42. The molecule has 0 amide bonds. The van der Waals surface area contributed by atoms with Crippen molar-refractivity contribution in [1.29, 1.82) is 0 Å².